The van der Waals surface area contributed by atoms with Gasteiger partial charge in [-0.1, -0.05) is 6.07 Å². The van der Waals surface area contributed by atoms with Crippen molar-refractivity contribution in [2.24, 2.45) is 0 Å². The molecule has 3 aromatic carbocycles. The van der Waals surface area contributed by atoms with E-state index in [0.717, 1.165) is 88.7 Å². The van der Waals surface area contributed by atoms with Crippen LogP contribution in [-0.4, -0.2) is 26.2 Å². The second-order valence-corrected chi connectivity index (χ2v) is 8.46. The predicted molar refractivity (Wildman–Crippen MR) is 128 cm³/mol. The van der Waals surface area contributed by atoms with Gasteiger partial charge in [-0.05, 0) is 39.8 Å². The summed E-state index contributed by atoms with van der Waals surface area (Å²) in [5.74, 6) is 5.32. The Kier molecular flexibility index (Phi) is 4.29. The van der Waals surface area contributed by atoms with E-state index < -0.39 is 0 Å². The van der Waals surface area contributed by atoms with E-state index in [1.54, 1.807) is 0 Å². The molecule has 0 unspecified atom stereocenters. The molecule has 0 saturated heterocycles. The Morgan fingerprint density at radius 3 is 1.28 bits per heavy atom. The molecule has 0 aromatic heterocycles. The van der Waals surface area contributed by atoms with Crippen molar-refractivity contribution >= 4 is 11.4 Å². The third kappa shape index (κ3) is 2.57. The van der Waals surface area contributed by atoms with Gasteiger partial charge in [0.2, 0.25) is 0 Å². The minimum absolute atomic E-state index is 0.0592. The first-order valence-electron chi connectivity index (χ1n) is 11.7. The van der Waals surface area contributed by atoms with E-state index in [4.69, 9.17) is 14.2 Å². The topological polar surface area (TPSA) is 34.2 Å². The van der Waals surface area contributed by atoms with Gasteiger partial charge >= 0.3 is 0 Å². The zero-order valence-corrected chi connectivity index (χ0v) is 19.1. The average Bonchev–Trinajstić information content (AvgIpc) is 2.80. The molecular weight excluding hydrogens is 400 g/mol. The molecule has 5 heteroatoms. The number of ether oxygens (including phenoxy) is 3. The van der Waals surface area contributed by atoms with Crippen molar-refractivity contribution in [1.29, 1.82) is 0 Å². The lowest BCUT2D eigenvalue weighted by Crippen LogP contribution is -2.25. The van der Waals surface area contributed by atoms with Crippen LogP contribution in [0.4, 0.5) is 11.4 Å². The summed E-state index contributed by atoms with van der Waals surface area (Å²) in [5, 5.41) is 0. The van der Waals surface area contributed by atoms with Crippen molar-refractivity contribution in [3.8, 4) is 34.5 Å². The van der Waals surface area contributed by atoms with Gasteiger partial charge in [-0.2, -0.15) is 0 Å². The molecular formula is C27H28N2O3. The van der Waals surface area contributed by atoms with Crippen molar-refractivity contribution < 1.29 is 14.2 Å². The van der Waals surface area contributed by atoms with Crippen LogP contribution in [0.3, 0.4) is 0 Å². The van der Waals surface area contributed by atoms with Gasteiger partial charge in [0.25, 0.3) is 0 Å². The van der Waals surface area contributed by atoms with Crippen molar-refractivity contribution in [3.63, 3.8) is 0 Å². The summed E-state index contributed by atoms with van der Waals surface area (Å²) in [7, 11) is 0. The first-order valence-corrected chi connectivity index (χ1v) is 11.7. The van der Waals surface area contributed by atoms with Crippen molar-refractivity contribution in [2.75, 3.05) is 36.0 Å². The van der Waals surface area contributed by atoms with Crippen molar-refractivity contribution in [3.05, 3.63) is 59.2 Å². The van der Waals surface area contributed by atoms with Gasteiger partial charge in [0.05, 0.1) is 17.0 Å². The van der Waals surface area contributed by atoms with E-state index in [-0.39, 0.29) is 5.92 Å². The van der Waals surface area contributed by atoms with Gasteiger partial charge in [-0.3, -0.25) is 0 Å². The van der Waals surface area contributed by atoms with Crippen LogP contribution in [0.2, 0.25) is 0 Å². The predicted octanol–water partition coefficient (Wildman–Crippen LogP) is 6.88. The van der Waals surface area contributed by atoms with Crippen LogP contribution in [0.5, 0.6) is 34.5 Å². The number of hydrogen-bond acceptors (Lipinski definition) is 5. The molecule has 5 nitrogen and oxygen atoms in total. The lowest BCUT2D eigenvalue weighted by molar-refractivity contribution is 0.373. The summed E-state index contributed by atoms with van der Waals surface area (Å²) in [4.78, 5) is 4.65. The zero-order chi connectivity index (χ0) is 22.0. The Morgan fingerprint density at radius 1 is 0.562 bits per heavy atom. The van der Waals surface area contributed by atoms with Gasteiger partial charge in [-0.15, -0.1) is 0 Å². The Bertz CT molecular complexity index is 1140. The lowest BCUT2D eigenvalue weighted by Gasteiger charge is -2.40. The molecule has 3 aliphatic rings. The maximum Gasteiger partial charge on any atom is 0.137 e. The Balaban J connectivity index is 1.61. The third-order valence-corrected chi connectivity index (χ3v) is 6.99. The molecule has 0 amide bonds. The molecule has 0 bridgehead atoms. The van der Waals surface area contributed by atoms with Crippen LogP contribution < -0.4 is 24.0 Å². The summed E-state index contributed by atoms with van der Waals surface area (Å²) in [6, 6.07) is 14.8. The molecule has 0 spiro atoms. The van der Waals surface area contributed by atoms with E-state index in [0.29, 0.717) is 0 Å². The molecule has 6 rings (SSSR count). The smallest absolute Gasteiger partial charge is 0.137 e. The molecule has 164 valence electrons. The summed E-state index contributed by atoms with van der Waals surface area (Å²) >= 11 is 0. The quantitative estimate of drug-likeness (QED) is 0.289. The van der Waals surface area contributed by atoms with Gasteiger partial charge in [0.15, 0.2) is 0 Å². The highest BCUT2D eigenvalue weighted by Crippen LogP contribution is 2.64. The van der Waals surface area contributed by atoms with Crippen LogP contribution >= 0.6 is 0 Å². The Labute approximate surface area is 189 Å². The molecule has 0 aliphatic carbocycles. The van der Waals surface area contributed by atoms with E-state index >= 15 is 0 Å². The SMILES string of the molecule is CCN(CC)c1cc2c3c(c1)Oc1cc(N(CC)CC)cc4c1C3c1c(cccc1O4)O2. The summed E-state index contributed by atoms with van der Waals surface area (Å²) in [5.41, 5.74) is 5.56. The number of rotatable bonds is 6. The molecule has 0 atom stereocenters. The van der Waals surface area contributed by atoms with E-state index in [2.05, 4.69) is 61.8 Å². The van der Waals surface area contributed by atoms with Crippen molar-refractivity contribution in [1.82, 2.24) is 0 Å². The summed E-state index contributed by atoms with van der Waals surface area (Å²) in [6.45, 7) is 12.4. The number of anilines is 2. The molecule has 3 aromatic rings. The summed E-state index contributed by atoms with van der Waals surface area (Å²) in [6.07, 6.45) is 0. The van der Waals surface area contributed by atoms with E-state index in [1.807, 2.05) is 18.2 Å². The molecule has 3 aliphatic heterocycles. The molecule has 0 saturated carbocycles. The van der Waals surface area contributed by atoms with Gasteiger partial charge < -0.3 is 24.0 Å². The number of hydrogen-bond donors (Lipinski definition) is 0. The second-order valence-electron chi connectivity index (χ2n) is 8.46. The highest BCUT2D eigenvalue weighted by Gasteiger charge is 2.44. The second kappa shape index (κ2) is 7.09. The fraction of sp³-hybridized carbons (Fsp3) is 0.333. The summed E-state index contributed by atoms with van der Waals surface area (Å²) < 4.78 is 19.5. The monoisotopic (exact) mass is 428 g/mol. The van der Waals surface area contributed by atoms with E-state index in [9.17, 15) is 0 Å². The largest absolute Gasteiger partial charge is 0.456 e. The average molecular weight is 429 g/mol. The van der Waals surface area contributed by atoms with Crippen LogP contribution in [0.25, 0.3) is 0 Å². The van der Waals surface area contributed by atoms with Crippen LogP contribution in [0.15, 0.2) is 42.5 Å². The zero-order valence-electron chi connectivity index (χ0n) is 19.1. The van der Waals surface area contributed by atoms with Gasteiger partial charge in [0, 0.05) is 67.4 Å². The molecule has 0 fully saturated rings. The highest BCUT2D eigenvalue weighted by molar-refractivity contribution is 5.78. The normalized spacial score (nSPS) is 14.1. The van der Waals surface area contributed by atoms with Crippen molar-refractivity contribution in [2.45, 2.75) is 33.6 Å². The van der Waals surface area contributed by atoms with Crippen LogP contribution in [-0.2, 0) is 0 Å². The lowest BCUT2D eigenvalue weighted by atomic mass is 9.78. The van der Waals surface area contributed by atoms with Gasteiger partial charge in [0.1, 0.15) is 34.5 Å². The standard InChI is InChI=1S/C27H28N2O3/c1-5-28(6-2)16-12-20-25-22(14-16)32-23-15-17(29(7-3)8-4)13-21-26(23)27(25)24-18(30-20)10-9-11-19(24)31-21/h9-15,27H,5-8H2,1-4H3. The molecule has 0 radical (unpaired) electrons. The Hall–Kier alpha value is -3.34. The first kappa shape index (κ1) is 19.4. The fourth-order valence-corrected chi connectivity index (χ4v) is 5.40. The molecule has 3 heterocycles. The number of nitrogens with zero attached hydrogens (tertiary/aromatic N) is 2. The first-order chi connectivity index (χ1) is 15.7. The Morgan fingerprint density at radius 2 is 0.906 bits per heavy atom. The van der Waals surface area contributed by atoms with Crippen LogP contribution in [0, 0.1) is 0 Å². The minimum atomic E-state index is 0.0592. The molecule has 0 N–H and O–H groups in total. The maximum atomic E-state index is 6.60. The molecule has 32 heavy (non-hydrogen) atoms. The highest BCUT2D eigenvalue weighted by atomic mass is 16.5. The third-order valence-electron chi connectivity index (χ3n) is 6.99. The van der Waals surface area contributed by atoms with Gasteiger partial charge in [-0.25, -0.2) is 0 Å². The minimum Gasteiger partial charge on any atom is -0.456 e. The number of benzene rings is 3. The van der Waals surface area contributed by atoms with E-state index in [1.165, 1.54) is 0 Å². The van der Waals surface area contributed by atoms with Crippen LogP contribution in [0.1, 0.15) is 50.3 Å². The fourth-order valence-electron chi connectivity index (χ4n) is 5.40. The maximum absolute atomic E-state index is 6.60.